The van der Waals surface area contributed by atoms with E-state index in [4.69, 9.17) is 21.1 Å². The Bertz CT molecular complexity index is 438. The van der Waals surface area contributed by atoms with E-state index in [2.05, 4.69) is 19.2 Å². The first-order chi connectivity index (χ1) is 9.65. The lowest BCUT2D eigenvalue weighted by molar-refractivity contribution is 0.0316. The minimum absolute atomic E-state index is 0.151. The predicted molar refractivity (Wildman–Crippen MR) is 82.6 cm³/mol. The van der Waals surface area contributed by atoms with Crippen LogP contribution in [0.15, 0.2) is 18.2 Å². The molecule has 1 saturated heterocycles. The standard InChI is InChI=1S/C16H24ClNO2/c1-4-9-18-16(15-8-5-11(2)20-15)13-7-6-12(19-3)10-14(13)17/h6-7,10-11,15-16,18H,4-5,8-9H2,1-3H3. The summed E-state index contributed by atoms with van der Waals surface area (Å²) in [5.74, 6) is 0.786. The summed E-state index contributed by atoms with van der Waals surface area (Å²) in [7, 11) is 1.65. The molecule has 1 N–H and O–H groups in total. The Labute approximate surface area is 126 Å². The van der Waals surface area contributed by atoms with E-state index in [0.29, 0.717) is 6.10 Å². The van der Waals surface area contributed by atoms with Crippen LogP contribution in [-0.2, 0) is 4.74 Å². The molecule has 3 nitrogen and oxygen atoms in total. The van der Waals surface area contributed by atoms with E-state index in [1.807, 2.05) is 18.2 Å². The van der Waals surface area contributed by atoms with Gasteiger partial charge in [-0.2, -0.15) is 0 Å². The second-order valence-electron chi connectivity index (χ2n) is 5.38. The molecule has 4 heteroatoms. The second kappa shape index (κ2) is 7.30. The maximum atomic E-state index is 6.42. The van der Waals surface area contributed by atoms with Gasteiger partial charge in [-0.05, 0) is 50.4 Å². The molecule has 0 aromatic heterocycles. The maximum Gasteiger partial charge on any atom is 0.120 e. The number of hydrogen-bond acceptors (Lipinski definition) is 3. The van der Waals surface area contributed by atoms with Crippen LogP contribution in [0.1, 0.15) is 44.7 Å². The van der Waals surface area contributed by atoms with Gasteiger partial charge in [-0.15, -0.1) is 0 Å². The second-order valence-corrected chi connectivity index (χ2v) is 5.79. The van der Waals surface area contributed by atoms with Crippen LogP contribution in [0.2, 0.25) is 5.02 Å². The molecule has 3 unspecified atom stereocenters. The molecule has 1 fully saturated rings. The Morgan fingerprint density at radius 1 is 1.45 bits per heavy atom. The van der Waals surface area contributed by atoms with Crippen molar-refractivity contribution in [2.75, 3.05) is 13.7 Å². The fourth-order valence-corrected chi connectivity index (χ4v) is 3.00. The van der Waals surface area contributed by atoms with Crippen LogP contribution in [0.4, 0.5) is 0 Å². The Hall–Kier alpha value is -0.770. The Balaban J connectivity index is 2.21. The Kier molecular flexibility index (Phi) is 5.70. The van der Waals surface area contributed by atoms with E-state index in [0.717, 1.165) is 42.1 Å². The zero-order chi connectivity index (χ0) is 14.5. The van der Waals surface area contributed by atoms with Crippen LogP contribution < -0.4 is 10.1 Å². The molecule has 112 valence electrons. The van der Waals surface area contributed by atoms with Crippen molar-refractivity contribution in [1.82, 2.24) is 5.32 Å². The van der Waals surface area contributed by atoms with Crippen LogP contribution in [0.25, 0.3) is 0 Å². The molecular weight excluding hydrogens is 274 g/mol. The molecule has 2 rings (SSSR count). The highest BCUT2D eigenvalue weighted by Crippen LogP contribution is 2.35. The summed E-state index contributed by atoms with van der Waals surface area (Å²) in [6, 6.07) is 6.02. The number of ether oxygens (including phenoxy) is 2. The topological polar surface area (TPSA) is 30.5 Å². The van der Waals surface area contributed by atoms with E-state index in [1.165, 1.54) is 0 Å². The molecule has 0 saturated carbocycles. The number of halogens is 1. The SMILES string of the molecule is CCCNC(c1ccc(OC)cc1Cl)C1CCC(C)O1. The summed E-state index contributed by atoms with van der Waals surface area (Å²) < 4.78 is 11.3. The highest BCUT2D eigenvalue weighted by atomic mass is 35.5. The van der Waals surface area contributed by atoms with E-state index >= 15 is 0 Å². The summed E-state index contributed by atoms with van der Waals surface area (Å²) in [4.78, 5) is 0. The van der Waals surface area contributed by atoms with Crippen LogP contribution in [0.5, 0.6) is 5.75 Å². The van der Waals surface area contributed by atoms with Crippen molar-refractivity contribution < 1.29 is 9.47 Å². The summed E-state index contributed by atoms with van der Waals surface area (Å²) in [5.41, 5.74) is 1.10. The van der Waals surface area contributed by atoms with Crippen LogP contribution >= 0.6 is 11.6 Å². The van der Waals surface area contributed by atoms with E-state index in [9.17, 15) is 0 Å². The lowest BCUT2D eigenvalue weighted by Gasteiger charge is -2.26. The van der Waals surface area contributed by atoms with Crippen molar-refractivity contribution in [3.8, 4) is 5.75 Å². The molecule has 0 spiro atoms. The van der Waals surface area contributed by atoms with E-state index < -0.39 is 0 Å². The summed E-state index contributed by atoms with van der Waals surface area (Å²) >= 11 is 6.42. The van der Waals surface area contributed by atoms with Gasteiger partial charge in [-0.25, -0.2) is 0 Å². The van der Waals surface area contributed by atoms with Gasteiger partial charge < -0.3 is 14.8 Å². The summed E-state index contributed by atoms with van der Waals surface area (Å²) in [5, 5.41) is 4.31. The van der Waals surface area contributed by atoms with Crippen LogP contribution in [0.3, 0.4) is 0 Å². The number of methoxy groups -OCH3 is 1. The lowest BCUT2D eigenvalue weighted by Crippen LogP contribution is -2.33. The first-order valence-electron chi connectivity index (χ1n) is 7.38. The summed E-state index contributed by atoms with van der Waals surface area (Å²) in [6.07, 6.45) is 3.81. The quantitative estimate of drug-likeness (QED) is 0.862. The van der Waals surface area contributed by atoms with Gasteiger partial charge in [0, 0.05) is 5.02 Å². The molecule has 1 heterocycles. The van der Waals surface area contributed by atoms with Crippen molar-refractivity contribution in [3.05, 3.63) is 28.8 Å². The Morgan fingerprint density at radius 2 is 2.25 bits per heavy atom. The average Bonchev–Trinajstić information content (AvgIpc) is 2.87. The molecule has 1 aliphatic rings. The number of benzene rings is 1. The molecule has 0 bridgehead atoms. The zero-order valence-electron chi connectivity index (χ0n) is 12.5. The molecule has 1 aromatic rings. The fourth-order valence-electron chi connectivity index (χ4n) is 2.71. The van der Waals surface area contributed by atoms with Crippen LogP contribution in [-0.4, -0.2) is 25.9 Å². The van der Waals surface area contributed by atoms with Crippen molar-refractivity contribution in [3.63, 3.8) is 0 Å². The first kappa shape index (κ1) is 15.6. The third-order valence-corrected chi connectivity index (χ3v) is 4.12. The number of hydrogen-bond donors (Lipinski definition) is 1. The first-order valence-corrected chi connectivity index (χ1v) is 7.75. The van der Waals surface area contributed by atoms with Gasteiger partial charge in [-0.3, -0.25) is 0 Å². The maximum absolute atomic E-state index is 6.42. The van der Waals surface area contributed by atoms with Gasteiger partial charge in [-0.1, -0.05) is 24.6 Å². The molecule has 1 aromatic carbocycles. The van der Waals surface area contributed by atoms with Gasteiger partial charge in [0.05, 0.1) is 25.4 Å². The van der Waals surface area contributed by atoms with E-state index in [1.54, 1.807) is 7.11 Å². The molecular formula is C16H24ClNO2. The molecule has 0 aliphatic carbocycles. The van der Waals surface area contributed by atoms with Gasteiger partial charge >= 0.3 is 0 Å². The highest BCUT2D eigenvalue weighted by molar-refractivity contribution is 6.31. The predicted octanol–water partition coefficient (Wildman–Crippen LogP) is 3.96. The van der Waals surface area contributed by atoms with Gasteiger partial charge in [0.25, 0.3) is 0 Å². The Morgan fingerprint density at radius 3 is 2.80 bits per heavy atom. The highest BCUT2D eigenvalue weighted by Gasteiger charge is 2.31. The largest absolute Gasteiger partial charge is 0.497 e. The van der Waals surface area contributed by atoms with Gasteiger partial charge in [0.15, 0.2) is 0 Å². The molecule has 0 radical (unpaired) electrons. The molecule has 20 heavy (non-hydrogen) atoms. The van der Waals surface area contributed by atoms with Crippen molar-refractivity contribution >= 4 is 11.6 Å². The molecule has 3 atom stereocenters. The van der Waals surface area contributed by atoms with Gasteiger partial charge in [0.1, 0.15) is 5.75 Å². The third-order valence-electron chi connectivity index (χ3n) is 3.79. The van der Waals surface area contributed by atoms with Crippen molar-refractivity contribution in [1.29, 1.82) is 0 Å². The minimum Gasteiger partial charge on any atom is -0.497 e. The number of nitrogens with one attached hydrogen (secondary N) is 1. The average molecular weight is 298 g/mol. The fraction of sp³-hybridized carbons (Fsp3) is 0.625. The van der Waals surface area contributed by atoms with E-state index in [-0.39, 0.29) is 12.1 Å². The third kappa shape index (κ3) is 3.66. The summed E-state index contributed by atoms with van der Waals surface area (Å²) in [6.45, 7) is 5.26. The monoisotopic (exact) mass is 297 g/mol. The smallest absolute Gasteiger partial charge is 0.120 e. The minimum atomic E-state index is 0.151. The van der Waals surface area contributed by atoms with Gasteiger partial charge in [0.2, 0.25) is 0 Å². The normalized spacial score (nSPS) is 23.8. The van der Waals surface area contributed by atoms with Crippen molar-refractivity contribution in [2.24, 2.45) is 0 Å². The number of rotatable bonds is 6. The molecule has 1 aliphatic heterocycles. The molecule has 0 amide bonds. The zero-order valence-corrected chi connectivity index (χ0v) is 13.2. The lowest BCUT2D eigenvalue weighted by atomic mass is 9.98. The van der Waals surface area contributed by atoms with Crippen LogP contribution in [0, 0.1) is 0 Å². The van der Waals surface area contributed by atoms with Crippen molar-refractivity contribution in [2.45, 2.75) is 51.4 Å².